The molecular formula is C19H26N4O9S2. The molecule has 188 valence electrons. The average Bonchev–Trinajstić information content (AvgIpc) is 3.15. The number of imide groups is 1. The van der Waals surface area contributed by atoms with E-state index >= 15 is 0 Å². The average molecular weight is 519 g/mol. The molecule has 2 atom stereocenters. The third kappa shape index (κ3) is 8.46. The Morgan fingerprint density at radius 1 is 1.29 bits per heavy atom. The molecule has 0 bridgehead atoms. The normalized spacial score (nSPS) is 17.9. The molecule has 1 heterocycles. The van der Waals surface area contributed by atoms with Gasteiger partial charge >= 0.3 is 12.1 Å². The minimum Gasteiger partial charge on any atom is -0.445 e. The minimum atomic E-state index is -3.74. The van der Waals surface area contributed by atoms with Gasteiger partial charge in [0.15, 0.2) is 0 Å². The Bertz CT molecular complexity index is 1020. The number of carbonyl (C=O) groups excluding carboxylic acids is 3. The molecule has 0 radical (unpaired) electrons. The van der Waals surface area contributed by atoms with Gasteiger partial charge in [-0.3, -0.25) is 24.0 Å². The fourth-order valence-electron chi connectivity index (χ4n) is 3.18. The zero-order chi connectivity index (χ0) is 25.5. The third-order valence-corrected chi connectivity index (χ3v) is 6.64. The molecular weight excluding hydrogens is 492 g/mol. The van der Waals surface area contributed by atoms with Crippen LogP contribution in [0.5, 0.6) is 0 Å². The number of ether oxygens (including phenoxy) is 1. The summed E-state index contributed by atoms with van der Waals surface area (Å²) in [6.07, 6.45) is -0.192. The van der Waals surface area contributed by atoms with Crippen LogP contribution < -0.4 is 5.73 Å². The largest absolute Gasteiger partial charge is 0.445 e. The number of rotatable bonds is 10. The van der Waals surface area contributed by atoms with Crippen molar-refractivity contribution in [2.75, 3.05) is 31.4 Å². The molecule has 2 rings (SSSR count). The summed E-state index contributed by atoms with van der Waals surface area (Å²) in [5.74, 6) is 0.295. The fourth-order valence-corrected chi connectivity index (χ4v) is 4.89. The maximum atomic E-state index is 12.7. The van der Waals surface area contributed by atoms with Gasteiger partial charge in [0.2, 0.25) is 5.91 Å². The molecule has 1 aliphatic rings. The van der Waals surface area contributed by atoms with Crippen molar-refractivity contribution >= 4 is 45.6 Å². The molecule has 1 aliphatic heterocycles. The highest BCUT2D eigenvalue weighted by atomic mass is 32.2. The van der Waals surface area contributed by atoms with E-state index in [1.54, 1.807) is 0 Å². The van der Waals surface area contributed by atoms with Crippen molar-refractivity contribution in [1.82, 2.24) is 9.80 Å². The summed E-state index contributed by atoms with van der Waals surface area (Å²) in [7, 11) is -2.46. The Labute approximate surface area is 200 Å². The lowest BCUT2D eigenvalue weighted by Gasteiger charge is -2.23. The molecule has 0 unspecified atom stereocenters. The minimum absolute atomic E-state index is 0.000729. The highest BCUT2D eigenvalue weighted by Gasteiger charge is 2.38. The quantitative estimate of drug-likeness (QED) is 0.205. The molecule has 1 aromatic rings. The monoisotopic (exact) mass is 518 g/mol. The van der Waals surface area contributed by atoms with Gasteiger partial charge in [-0.1, -0.05) is 0 Å². The molecule has 0 aliphatic carbocycles. The van der Waals surface area contributed by atoms with Crippen molar-refractivity contribution in [3.63, 3.8) is 0 Å². The van der Waals surface area contributed by atoms with Crippen LogP contribution in [-0.2, 0) is 30.4 Å². The SMILES string of the molecule is CN(C(N)=O)C(=O)CCSC[C@@H]1C[C@H](OS(C)(=O)=O)CN1C(=O)OCc1ccc([N+](=O)[O-])cc1. The molecule has 15 heteroatoms. The van der Waals surface area contributed by atoms with Crippen molar-refractivity contribution in [2.45, 2.75) is 31.6 Å². The van der Waals surface area contributed by atoms with Gasteiger partial charge in [-0.05, 0) is 24.1 Å². The Morgan fingerprint density at radius 3 is 2.50 bits per heavy atom. The summed E-state index contributed by atoms with van der Waals surface area (Å²) < 4.78 is 33.4. The molecule has 34 heavy (non-hydrogen) atoms. The number of urea groups is 1. The standard InChI is InChI=1S/C19H26N4O9S2/c1-21(18(20)25)17(24)7-8-33-12-15-9-16(32-34(2,29)30)10-22(15)19(26)31-11-13-3-5-14(6-4-13)23(27)28/h3-6,15-16H,7-12H2,1-2H3,(H2,20,25)/t15-,16-/m0/s1. The number of nitro groups is 1. The van der Waals surface area contributed by atoms with Crippen LogP contribution in [0.2, 0.25) is 0 Å². The van der Waals surface area contributed by atoms with E-state index in [0.717, 1.165) is 11.2 Å². The maximum Gasteiger partial charge on any atom is 0.410 e. The lowest BCUT2D eigenvalue weighted by Crippen LogP contribution is -2.38. The van der Waals surface area contributed by atoms with Gasteiger partial charge in [-0.25, -0.2) is 9.59 Å². The van der Waals surface area contributed by atoms with Crippen LogP contribution in [-0.4, -0.2) is 84.7 Å². The Morgan fingerprint density at radius 2 is 1.94 bits per heavy atom. The molecule has 1 saturated heterocycles. The molecule has 0 spiro atoms. The van der Waals surface area contributed by atoms with Gasteiger partial charge in [-0.2, -0.15) is 20.2 Å². The van der Waals surface area contributed by atoms with E-state index in [2.05, 4.69) is 0 Å². The summed E-state index contributed by atoms with van der Waals surface area (Å²) in [5.41, 5.74) is 5.51. The van der Waals surface area contributed by atoms with E-state index in [1.165, 1.54) is 48.0 Å². The van der Waals surface area contributed by atoms with Crippen molar-refractivity contribution in [1.29, 1.82) is 0 Å². The van der Waals surface area contributed by atoms with Gasteiger partial charge in [0.05, 0.1) is 23.8 Å². The molecule has 4 amide bonds. The zero-order valence-electron chi connectivity index (χ0n) is 18.6. The van der Waals surface area contributed by atoms with E-state index in [1.807, 2.05) is 0 Å². The van der Waals surface area contributed by atoms with E-state index in [9.17, 15) is 32.9 Å². The molecule has 13 nitrogen and oxygen atoms in total. The molecule has 1 aromatic carbocycles. The van der Waals surface area contributed by atoms with E-state index in [-0.39, 0.29) is 31.7 Å². The highest BCUT2D eigenvalue weighted by molar-refractivity contribution is 7.99. The number of nitro benzene ring substituents is 1. The second kappa shape index (κ2) is 12.0. The van der Waals surface area contributed by atoms with Gasteiger partial charge in [-0.15, -0.1) is 0 Å². The Balaban J connectivity index is 1.95. The zero-order valence-corrected chi connectivity index (χ0v) is 20.2. The first-order valence-corrected chi connectivity index (χ1v) is 13.0. The number of nitrogens with zero attached hydrogens (tertiary/aromatic N) is 3. The lowest BCUT2D eigenvalue weighted by atomic mass is 10.2. The lowest BCUT2D eigenvalue weighted by molar-refractivity contribution is -0.384. The smallest absolute Gasteiger partial charge is 0.410 e. The number of thioether (sulfide) groups is 1. The van der Waals surface area contributed by atoms with Crippen molar-refractivity contribution in [3.8, 4) is 0 Å². The number of hydrogen-bond donors (Lipinski definition) is 1. The summed E-state index contributed by atoms with van der Waals surface area (Å²) >= 11 is 1.35. The van der Waals surface area contributed by atoms with E-state index in [0.29, 0.717) is 17.1 Å². The number of carbonyl (C=O) groups is 3. The number of amides is 4. The maximum absolute atomic E-state index is 12.7. The second-order valence-electron chi connectivity index (χ2n) is 7.56. The first kappa shape index (κ1) is 27.3. The van der Waals surface area contributed by atoms with E-state index in [4.69, 9.17) is 14.7 Å². The van der Waals surface area contributed by atoms with Crippen molar-refractivity contribution in [3.05, 3.63) is 39.9 Å². The number of primary amides is 1. The van der Waals surface area contributed by atoms with Crippen LogP contribution in [0.4, 0.5) is 15.3 Å². The molecule has 1 fully saturated rings. The number of benzene rings is 1. The predicted octanol–water partition coefficient (Wildman–Crippen LogP) is 1.31. The van der Waals surface area contributed by atoms with Crippen LogP contribution in [0.3, 0.4) is 0 Å². The van der Waals surface area contributed by atoms with Crippen molar-refractivity contribution in [2.24, 2.45) is 5.73 Å². The summed E-state index contributed by atoms with van der Waals surface area (Å²) in [6.45, 7) is -0.126. The van der Waals surface area contributed by atoms with Gasteiger partial charge < -0.3 is 15.4 Å². The number of non-ortho nitro benzene ring substituents is 1. The third-order valence-electron chi connectivity index (χ3n) is 4.91. The van der Waals surface area contributed by atoms with Crippen LogP contribution in [0.15, 0.2) is 24.3 Å². The summed E-state index contributed by atoms with van der Waals surface area (Å²) in [4.78, 5) is 47.9. The highest BCUT2D eigenvalue weighted by Crippen LogP contribution is 2.26. The second-order valence-corrected chi connectivity index (χ2v) is 10.3. The first-order valence-electron chi connectivity index (χ1n) is 10.1. The van der Waals surface area contributed by atoms with Gasteiger partial charge in [0, 0.05) is 43.1 Å². The summed E-state index contributed by atoms with van der Waals surface area (Å²) in [5, 5.41) is 10.7. The Kier molecular flexibility index (Phi) is 9.64. The van der Waals surface area contributed by atoms with Gasteiger partial charge in [0.1, 0.15) is 6.61 Å². The van der Waals surface area contributed by atoms with Crippen molar-refractivity contribution < 1.29 is 36.6 Å². The number of nitrogens with two attached hydrogens (primary N) is 1. The van der Waals surface area contributed by atoms with Crippen LogP contribution in [0, 0.1) is 10.1 Å². The Hall–Kier alpha value is -2.91. The molecule has 2 N–H and O–H groups in total. The predicted molar refractivity (Wildman–Crippen MR) is 122 cm³/mol. The fraction of sp³-hybridized carbons (Fsp3) is 0.526. The first-order chi connectivity index (χ1) is 15.9. The number of hydrogen-bond acceptors (Lipinski definition) is 10. The van der Waals surface area contributed by atoms with Crippen LogP contribution in [0.25, 0.3) is 0 Å². The van der Waals surface area contributed by atoms with Crippen LogP contribution >= 0.6 is 11.8 Å². The summed E-state index contributed by atoms with van der Waals surface area (Å²) in [6, 6.07) is 4.27. The molecule has 0 saturated carbocycles. The van der Waals surface area contributed by atoms with Gasteiger partial charge in [0.25, 0.3) is 15.8 Å². The number of likely N-dealkylation sites (tertiary alicyclic amines) is 1. The topological polar surface area (TPSA) is 179 Å². The van der Waals surface area contributed by atoms with Crippen LogP contribution in [0.1, 0.15) is 18.4 Å². The molecule has 0 aromatic heterocycles. The van der Waals surface area contributed by atoms with E-state index < -0.39 is 45.2 Å².